The number of amides is 2. The van der Waals surface area contributed by atoms with Crippen LogP contribution < -0.4 is 15.0 Å². The standard InChI is InChI=1S/C24H26N4O3S2/c1-16-10-11-20(31-2)19(13-16)28-15-18(14-21(28)29)22(30)25-23-26-27-24(33-23)32-12-6-9-17-7-4-3-5-8-17/h3-5,7-8,10-11,13,18H,6,9,12,14-15H2,1-2H3,(H,25,26,30). The molecule has 0 radical (unpaired) electrons. The summed E-state index contributed by atoms with van der Waals surface area (Å²) in [5, 5.41) is 11.6. The number of carbonyl (C=O) groups is 2. The topological polar surface area (TPSA) is 84.4 Å². The van der Waals surface area contributed by atoms with E-state index >= 15 is 0 Å². The summed E-state index contributed by atoms with van der Waals surface area (Å²) in [7, 11) is 1.58. The number of carbonyl (C=O) groups excluding carboxylic acids is 2. The Kier molecular flexibility index (Phi) is 7.61. The van der Waals surface area contributed by atoms with E-state index in [9.17, 15) is 9.59 Å². The third-order valence-electron chi connectivity index (χ3n) is 5.44. The third-order valence-corrected chi connectivity index (χ3v) is 7.49. The zero-order chi connectivity index (χ0) is 23.2. The van der Waals surface area contributed by atoms with Crippen molar-refractivity contribution < 1.29 is 14.3 Å². The zero-order valence-electron chi connectivity index (χ0n) is 18.6. The number of ether oxygens (including phenoxy) is 1. The van der Waals surface area contributed by atoms with Crippen LogP contribution in [0.1, 0.15) is 24.0 Å². The molecule has 7 nitrogen and oxygen atoms in total. The molecule has 1 atom stereocenters. The van der Waals surface area contributed by atoms with Gasteiger partial charge < -0.3 is 15.0 Å². The minimum absolute atomic E-state index is 0.0917. The van der Waals surface area contributed by atoms with E-state index in [4.69, 9.17) is 4.74 Å². The Bertz CT molecular complexity index is 1120. The van der Waals surface area contributed by atoms with Gasteiger partial charge in [0.1, 0.15) is 5.75 Å². The van der Waals surface area contributed by atoms with Crippen molar-refractivity contribution in [1.29, 1.82) is 0 Å². The van der Waals surface area contributed by atoms with Crippen molar-refractivity contribution in [3.8, 4) is 5.75 Å². The fraction of sp³-hybridized carbons (Fsp3) is 0.333. The molecule has 1 unspecified atom stereocenters. The van der Waals surface area contributed by atoms with E-state index in [1.807, 2.05) is 31.2 Å². The monoisotopic (exact) mass is 482 g/mol. The first kappa shape index (κ1) is 23.3. The third kappa shape index (κ3) is 5.91. The van der Waals surface area contributed by atoms with Crippen LogP contribution in [0, 0.1) is 12.8 Å². The molecule has 0 bridgehead atoms. The lowest BCUT2D eigenvalue weighted by molar-refractivity contribution is -0.122. The first-order valence-electron chi connectivity index (χ1n) is 10.8. The Morgan fingerprint density at radius 1 is 1.24 bits per heavy atom. The maximum atomic E-state index is 12.8. The van der Waals surface area contributed by atoms with Crippen LogP contribution >= 0.6 is 23.1 Å². The SMILES string of the molecule is COc1ccc(C)cc1N1CC(C(=O)Nc2nnc(SCCCc3ccccc3)s2)CC1=O. The van der Waals surface area contributed by atoms with Gasteiger partial charge in [0.25, 0.3) is 0 Å². The summed E-state index contributed by atoms with van der Waals surface area (Å²) in [6, 6.07) is 16.1. The fourth-order valence-electron chi connectivity index (χ4n) is 3.73. The van der Waals surface area contributed by atoms with Crippen molar-refractivity contribution in [3.63, 3.8) is 0 Å². The van der Waals surface area contributed by atoms with Crippen LogP contribution in [-0.2, 0) is 16.0 Å². The van der Waals surface area contributed by atoms with E-state index in [1.54, 1.807) is 23.8 Å². The molecule has 33 heavy (non-hydrogen) atoms. The number of anilines is 2. The molecule has 172 valence electrons. The smallest absolute Gasteiger partial charge is 0.231 e. The second-order valence-corrected chi connectivity index (χ2v) is 10.2. The van der Waals surface area contributed by atoms with Gasteiger partial charge >= 0.3 is 0 Å². The van der Waals surface area contributed by atoms with Crippen LogP contribution in [0.2, 0.25) is 0 Å². The van der Waals surface area contributed by atoms with Crippen molar-refractivity contribution in [1.82, 2.24) is 10.2 Å². The Balaban J connectivity index is 1.29. The molecule has 1 aliphatic heterocycles. The molecule has 2 heterocycles. The highest BCUT2D eigenvalue weighted by Crippen LogP contribution is 2.34. The van der Waals surface area contributed by atoms with E-state index in [2.05, 4.69) is 39.8 Å². The minimum atomic E-state index is -0.450. The molecule has 0 aliphatic carbocycles. The minimum Gasteiger partial charge on any atom is -0.495 e. The molecule has 3 aromatic rings. The predicted molar refractivity (Wildman–Crippen MR) is 132 cm³/mol. The van der Waals surface area contributed by atoms with Gasteiger partial charge in [-0.1, -0.05) is 59.5 Å². The summed E-state index contributed by atoms with van der Waals surface area (Å²) >= 11 is 3.00. The van der Waals surface area contributed by atoms with E-state index in [0.717, 1.165) is 28.5 Å². The molecule has 1 aliphatic rings. The van der Waals surface area contributed by atoms with Gasteiger partial charge in [-0.25, -0.2) is 0 Å². The van der Waals surface area contributed by atoms with Crippen molar-refractivity contribution in [2.24, 2.45) is 5.92 Å². The number of nitrogens with one attached hydrogen (secondary N) is 1. The molecule has 1 saturated heterocycles. The number of thioether (sulfide) groups is 1. The summed E-state index contributed by atoms with van der Waals surface area (Å²) in [5.41, 5.74) is 3.05. The summed E-state index contributed by atoms with van der Waals surface area (Å²) < 4.78 is 6.23. The quantitative estimate of drug-likeness (QED) is 0.273. The lowest BCUT2D eigenvalue weighted by atomic mass is 10.1. The van der Waals surface area contributed by atoms with Crippen LogP contribution in [0.15, 0.2) is 52.9 Å². The predicted octanol–water partition coefficient (Wildman–Crippen LogP) is 4.57. The average molecular weight is 483 g/mol. The molecule has 1 aromatic heterocycles. The molecule has 0 spiro atoms. The normalized spacial score (nSPS) is 15.6. The largest absolute Gasteiger partial charge is 0.495 e. The maximum absolute atomic E-state index is 12.8. The molecule has 0 saturated carbocycles. The Labute approximate surface area is 201 Å². The maximum Gasteiger partial charge on any atom is 0.231 e. The number of aryl methyl sites for hydroxylation is 2. The summed E-state index contributed by atoms with van der Waals surface area (Å²) in [6.07, 6.45) is 2.22. The average Bonchev–Trinajstić information content (AvgIpc) is 3.43. The second kappa shape index (κ2) is 10.8. The van der Waals surface area contributed by atoms with Crippen LogP contribution in [0.4, 0.5) is 10.8 Å². The van der Waals surface area contributed by atoms with Crippen LogP contribution in [0.25, 0.3) is 0 Å². The fourth-order valence-corrected chi connectivity index (χ4v) is 5.50. The number of hydrogen-bond acceptors (Lipinski definition) is 7. The lowest BCUT2D eigenvalue weighted by Gasteiger charge is -2.20. The number of hydrogen-bond donors (Lipinski definition) is 1. The van der Waals surface area contributed by atoms with E-state index < -0.39 is 5.92 Å². The molecule has 1 N–H and O–H groups in total. The molecule has 2 aromatic carbocycles. The van der Waals surface area contributed by atoms with Gasteiger partial charge in [-0.05, 0) is 43.0 Å². The number of benzene rings is 2. The van der Waals surface area contributed by atoms with Crippen LogP contribution in [0.3, 0.4) is 0 Å². The molecule has 2 amide bonds. The summed E-state index contributed by atoms with van der Waals surface area (Å²) in [4.78, 5) is 27.1. The van der Waals surface area contributed by atoms with E-state index in [-0.39, 0.29) is 18.2 Å². The van der Waals surface area contributed by atoms with Crippen molar-refractivity contribution in [3.05, 3.63) is 59.7 Å². The van der Waals surface area contributed by atoms with Gasteiger partial charge in [0.15, 0.2) is 4.34 Å². The highest BCUT2D eigenvalue weighted by molar-refractivity contribution is 8.01. The van der Waals surface area contributed by atoms with E-state index in [0.29, 0.717) is 23.1 Å². The van der Waals surface area contributed by atoms with E-state index in [1.165, 1.54) is 16.9 Å². The number of aromatic nitrogens is 2. The molecule has 4 rings (SSSR count). The van der Waals surface area contributed by atoms with Gasteiger partial charge in [-0.15, -0.1) is 10.2 Å². The van der Waals surface area contributed by atoms with Crippen molar-refractivity contribution >= 4 is 45.7 Å². The first-order chi connectivity index (χ1) is 16.0. The summed E-state index contributed by atoms with van der Waals surface area (Å²) in [5.74, 6) is 0.795. The zero-order valence-corrected chi connectivity index (χ0v) is 20.2. The molecular formula is C24H26N4O3S2. The molecular weight excluding hydrogens is 456 g/mol. The van der Waals surface area contributed by atoms with Gasteiger partial charge in [-0.3, -0.25) is 9.59 Å². The van der Waals surface area contributed by atoms with Gasteiger partial charge in [0.2, 0.25) is 16.9 Å². The lowest BCUT2D eigenvalue weighted by Crippen LogP contribution is -2.28. The highest BCUT2D eigenvalue weighted by atomic mass is 32.2. The Hall–Kier alpha value is -2.91. The highest BCUT2D eigenvalue weighted by Gasteiger charge is 2.36. The van der Waals surface area contributed by atoms with Crippen LogP contribution in [0.5, 0.6) is 5.75 Å². The second-order valence-electron chi connectivity index (χ2n) is 7.88. The number of methoxy groups -OCH3 is 1. The molecule has 1 fully saturated rings. The van der Waals surface area contributed by atoms with Gasteiger partial charge in [0.05, 0.1) is 18.7 Å². The van der Waals surface area contributed by atoms with Gasteiger partial charge in [0, 0.05) is 18.7 Å². The van der Waals surface area contributed by atoms with Crippen molar-refractivity contribution in [2.75, 3.05) is 29.6 Å². The van der Waals surface area contributed by atoms with Crippen molar-refractivity contribution in [2.45, 2.75) is 30.5 Å². The number of nitrogens with zero attached hydrogens (tertiary/aromatic N) is 3. The Morgan fingerprint density at radius 2 is 2.06 bits per heavy atom. The van der Waals surface area contributed by atoms with Crippen LogP contribution in [-0.4, -0.2) is 41.4 Å². The summed E-state index contributed by atoms with van der Waals surface area (Å²) in [6.45, 7) is 2.27. The Morgan fingerprint density at radius 3 is 2.85 bits per heavy atom. The van der Waals surface area contributed by atoms with Gasteiger partial charge in [-0.2, -0.15) is 0 Å². The molecule has 9 heteroatoms. The number of rotatable bonds is 9. The first-order valence-corrected chi connectivity index (χ1v) is 12.6.